The third-order valence-corrected chi connectivity index (χ3v) is 2.95. The number of hydrogen-bond donors (Lipinski definition) is 1. The van der Waals surface area contributed by atoms with Gasteiger partial charge >= 0.3 is 5.97 Å². The van der Waals surface area contributed by atoms with E-state index in [-0.39, 0.29) is 11.6 Å². The number of aliphatic carboxylic acids is 1. The minimum absolute atomic E-state index is 0.0975. The molecule has 3 nitrogen and oxygen atoms in total. The highest BCUT2D eigenvalue weighted by Gasteiger charge is 2.25. The Morgan fingerprint density at radius 3 is 2.72 bits per heavy atom. The van der Waals surface area contributed by atoms with E-state index in [4.69, 9.17) is 9.84 Å². The lowest BCUT2D eigenvalue weighted by molar-refractivity contribution is -0.133. The first-order valence-corrected chi connectivity index (χ1v) is 5.46. The first-order valence-electron chi connectivity index (χ1n) is 5.46. The van der Waals surface area contributed by atoms with Crippen LogP contribution in [0.2, 0.25) is 0 Å². The van der Waals surface area contributed by atoms with Crippen molar-refractivity contribution in [1.29, 1.82) is 0 Å². The first-order chi connectivity index (χ1) is 8.66. The molecule has 4 heteroatoms. The summed E-state index contributed by atoms with van der Waals surface area (Å²) in [5.41, 5.74) is 0.649. The smallest absolute Gasteiger partial charge is 0.371 e. The zero-order chi connectivity index (χ0) is 12.7. The predicted octanol–water partition coefficient (Wildman–Crippen LogP) is 0.852. The Labute approximate surface area is 102 Å². The van der Waals surface area contributed by atoms with Crippen LogP contribution in [0, 0.1) is 0 Å². The number of carboxylic acid groups (broad SMARTS) is 1. The highest BCUT2D eigenvalue weighted by molar-refractivity contribution is 6.06. The summed E-state index contributed by atoms with van der Waals surface area (Å²) in [6.45, 7) is 0. The second kappa shape index (κ2) is 3.84. The molecular formula is C14H9FO3. The van der Waals surface area contributed by atoms with E-state index in [9.17, 15) is 9.18 Å². The highest BCUT2D eigenvalue weighted by Crippen LogP contribution is 2.23. The lowest BCUT2D eigenvalue weighted by atomic mass is 9.97. The van der Waals surface area contributed by atoms with E-state index in [0.29, 0.717) is 16.0 Å². The van der Waals surface area contributed by atoms with Crippen molar-refractivity contribution in [2.75, 3.05) is 0 Å². The van der Waals surface area contributed by atoms with Gasteiger partial charge in [-0.2, -0.15) is 0 Å². The van der Waals surface area contributed by atoms with Crippen LogP contribution >= 0.6 is 0 Å². The average molecular weight is 244 g/mol. The van der Waals surface area contributed by atoms with Crippen LogP contribution < -0.4 is 10.4 Å². The molecule has 0 saturated carbocycles. The highest BCUT2D eigenvalue weighted by atomic mass is 19.1. The minimum atomic E-state index is -1.12. The summed E-state index contributed by atoms with van der Waals surface area (Å²) in [6.07, 6.45) is 3.64. The van der Waals surface area contributed by atoms with Crippen LogP contribution in [0.1, 0.15) is 0 Å². The number of allylic oxidation sites excluding steroid dienone is 2. The van der Waals surface area contributed by atoms with Gasteiger partial charge in [0.2, 0.25) is 5.76 Å². The monoisotopic (exact) mass is 244 g/mol. The molecule has 1 aromatic carbocycles. The number of carbonyl (C=O) groups is 1. The maximum atomic E-state index is 13.3. The van der Waals surface area contributed by atoms with Gasteiger partial charge in [-0.15, -0.1) is 0 Å². The quantitative estimate of drug-likeness (QED) is 0.796. The Balaban J connectivity index is 2.43. The maximum absolute atomic E-state index is 13.3. The zero-order valence-electron chi connectivity index (χ0n) is 9.26. The number of fused-ring (bicyclic) bond motifs is 2. The molecular weight excluding hydrogens is 235 g/mol. The van der Waals surface area contributed by atoms with E-state index in [2.05, 4.69) is 0 Å². The Bertz CT molecular complexity index is 713. The summed E-state index contributed by atoms with van der Waals surface area (Å²) < 4.78 is 18.7. The topological polar surface area (TPSA) is 46.5 Å². The molecule has 0 amide bonds. The van der Waals surface area contributed by atoms with Crippen LogP contribution in [0.4, 0.5) is 4.39 Å². The molecule has 1 aliphatic heterocycles. The van der Waals surface area contributed by atoms with Crippen LogP contribution in [-0.2, 0) is 9.53 Å². The van der Waals surface area contributed by atoms with Gasteiger partial charge in [0.15, 0.2) is 0 Å². The molecule has 1 unspecified atom stereocenters. The van der Waals surface area contributed by atoms with E-state index in [1.54, 1.807) is 24.3 Å². The molecule has 1 aromatic rings. The van der Waals surface area contributed by atoms with Gasteiger partial charge in [0.25, 0.3) is 0 Å². The van der Waals surface area contributed by atoms with Crippen LogP contribution in [0.15, 0.2) is 48.3 Å². The third kappa shape index (κ3) is 1.54. The number of rotatable bonds is 1. The van der Waals surface area contributed by atoms with Crippen molar-refractivity contribution in [3.63, 3.8) is 0 Å². The molecule has 0 bridgehead atoms. The van der Waals surface area contributed by atoms with Crippen LogP contribution in [0.3, 0.4) is 0 Å². The number of hydrogen-bond acceptors (Lipinski definition) is 2. The Morgan fingerprint density at radius 1 is 1.28 bits per heavy atom. The molecule has 1 aliphatic carbocycles. The number of carboxylic acids is 1. The largest absolute Gasteiger partial charge is 0.475 e. The lowest BCUT2D eigenvalue weighted by Gasteiger charge is -2.23. The summed E-state index contributed by atoms with van der Waals surface area (Å²) in [5.74, 6) is -1.58. The molecule has 18 heavy (non-hydrogen) atoms. The maximum Gasteiger partial charge on any atom is 0.371 e. The average Bonchev–Trinajstić information content (AvgIpc) is 2.37. The Kier molecular flexibility index (Phi) is 2.30. The molecule has 0 saturated heterocycles. The standard InChI is InChI=1S/C14H9FO3/c15-8-5-6-12-11(7-8)9-3-1-2-4-10(9)13(18-12)14(16)17/h1-7,12H,(H,16,17). The second-order valence-electron chi connectivity index (χ2n) is 4.06. The van der Waals surface area contributed by atoms with Crippen molar-refractivity contribution in [2.45, 2.75) is 6.10 Å². The lowest BCUT2D eigenvalue weighted by Crippen LogP contribution is -2.40. The molecule has 90 valence electrons. The molecule has 0 radical (unpaired) electrons. The van der Waals surface area contributed by atoms with Gasteiger partial charge in [0.05, 0.1) is 0 Å². The summed E-state index contributed by atoms with van der Waals surface area (Å²) >= 11 is 0. The molecule has 0 spiro atoms. The first kappa shape index (κ1) is 10.8. The SMILES string of the molecule is O=C(O)C1=c2ccccc2=C2C=C(F)C=CC2O1. The van der Waals surface area contributed by atoms with E-state index < -0.39 is 12.1 Å². The van der Waals surface area contributed by atoms with Gasteiger partial charge in [-0.05, 0) is 23.4 Å². The second-order valence-corrected chi connectivity index (χ2v) is 4.06. The van der Waals surface area contributed by atoms with Gasteiger partial charge < -0.3 is 9.84 Å². The Hall–Kier alpha value is -2.36. The fourth-order valence-corrected chi connectivity index (χ4v) is 2.18. The molecule has 2 aliphatic rings. The summed E-state index contributed by atoms with van der Waals surface area (Å²) in [6, 6.07) is 6.95. The molecule has 0 fully saturated rings. The molecule has 1 atom stereocenters. The van der Waals surface area contributed by atoms with Crippen LogP contribution in [-0.4, -0.2) is 17.2 Å². The summed E-state index contributed by atoms with van der Waals surface area (Å²) in [7, 11) is 0. The fraction of sp³-hybridized carbons (Fsp3) is 0.0714. The van der Waals surface area contributed by atoms with Gasteiger partial charge in [-0.25, -0.2) is 9.18 Å². The normalized spacial score (nSPS) is 20.7. The van der Waals surface area contributed by atoms with Gasteiger partial charge in [0.1, 0.15) is 11.9 Å². The predicted molar refractivity (Wildman–Crippen MR) is 63.3 cm³/mol. The molecule has 1 N–H and O–H groups in total. The van der Waals surface area contributed by atoms with E-state index in [1.807, 2.05) is 0 Å². The van der Waals surface area contributed by atoms with Gasteiger partial charge in [-0.1, -0.05) is 24.3 Å². The number of halogens is 1. The van der Waals surface area contributed by atoms with Crippen LogP contribution in [0.25, 0.3) is 11.3 Å². The third-order valence-electron chi connectivity index (χ3n) is 2.95. The van der Waals surface area contributed by atoms with Crippen molar-refractivity contribution in [3.05, 3.63) is 58.8 Å². The van der Waals surface area contributed by atoms with E-state index in [1.165, 1.54) is 18.2 Å². The molecule has 1 heterocycles. The van der Waals surface area contributed by atoms with Gasteiger partial charge in [-0.3, -0.25) is 0 Å². The Morgan fingerprint density at radius 2 is 2.00 bits per heavy atom. The van der Waals surface area contributed by atoms with E-state index in [0.717, 1.165) is 0 Å². The summed E-state index contributed by atoms with van der Waals surface area (Å²) in [4.78, 5) is 11.2. The van der Waals surface area contributed by atoms with Crippen LogP contribution in [0.5, 0.6) is 0 Å². The fourth-order valence-electron chi connectivity index (χ4n) is 2.18. The van der Waals surface area contributed by atoms with Crippen molar-refractivity contribution in [1.82, 2.24) is 0 Å². The minimum Gasteiger partial charge on any atom is -0.475 e. The number of ether oxygens (including phenoxy) is 1. The van der Waals surface area contributed by atoms with Crippen molar-refractivity contribution in [2.24, 2.45) is 0 Å². The van der Waals surface area contributed by atoms with E-state index >= 15 is 0 Å². The van der Waals surface area contributed by atoms with Crippen molar-refractivity contribution >= 4 is 17.3 Å². The summed E-state index contributed by atoms with van der Waals surface area (Å²) in [5, 5.41) is 10.3. The molecule has 3 rings (SSSR count). The van der Waals surface area contributed by atoms with Crippen molar-refractivity contribution < 1.29 is 19.0 Å². The molecule has 0 aromatic heterocycles. The van der Waals surface area contributed by atoms with Crippen molar-refractivity contribution in [3.8, 4) is 0 Å². The van der Waals surface area contributed by atoms with Gasteiger partial charge in [0, 0.05) is 10.8 Å². The number of benzene rings is 1. The zero-order valence-corrected chi connectivity index (χ0v) is 9.26.